The number of benzene rings is 1. The van der Waals surface area contributed by atoms with Crippen molar-refractivity contribution < 1.29 is 37.0 Å². The van der Waals surface area contributed by atoms with Crippen LogP contribution in [0.15, 0.2) is 42.5 Å². The molecule has 0 saturated carbocycles. The number of carbonyl (C=O) groups excluding carboxylic acids is 2. The predicted molar refractivity (Wildman–Crippen MR) is 91.7 cm³/mol. The Labute approximate surface area is 156 Å². The lowest BCUT2D eigenvalue weighted by Crippen LogP contribution is -2.52. The lowest BCUT2D eigenvalue weighted by molar-refractivity contribution is -0.276. The van der Waals surface area contributed by atoms with Gasteiger partial charge >= 0.3 is 18.1 Å². The van der Waals surface area contributed by atoms with Crippen LogP contribution in [-0.4, -0.2) is 38.4 Å². The summed E-state index contributed by atoms with van der Waals surface area (Å²) >= 11 is 0. The van der Waals surface area contributed by atoms with Crippen LogP contribution in [0.3, 0.4) is 0 Å². The van der Waals surface area contributed by atoms with E-state index in [1.54, 1.807) is 13.8 Å². The normalized spacial score (nSPS) is 15.2. The number of halogens is 3. The molecule has 1 rings (SSSR count). The zero-order chi connectivity index (χ0) is 20.5. The Hall–Kier alpha value is -2.35. The topological polar surface area (TPSA) is 61.8 Å². The zero-order valence-corrected chi connectivity index (χ0v) is 15.4. The van der Waals surface area contributed by atoms with Gasteiger partial charge in [0.25, 0.3) is 5.60 Å². The van der Waals surface area contributed by atoms with E-state index in [1.807, 2.05) is 0 Å². The van der Waals surface area contributed by atoms with E-state index in [9.17, 15) is 22.8 Å². The minimum Gasteiger partial charge on any atom is -0.463 e. The van der Waals surface area contributed by atoms with Crippen LogP contribution in [0, 0.1) is 5.92 Å². The minimum absolute atomic E-state index is 0.242. The molecule has 0 fully saturated rings. The Kier molecular flexibility index (Phi) is 8.49. The van der Waals surface area contributed by atoms with Crippen molar-refractivity contribution in [3.8, 4) is 0 Å². The lowest BCUT2D eigenvalue weighted by Gasteiger charge is -2.32. The molecular formula is C19H23F3O5. The van der Waals surface area contributed by atoms with Gasteiger partial charge in [-0.15, -0.1) is 0 Å². The molecule has 8 heteroatoms. The molecule has 5 nitrogen and oxygen atoms in total. The zero-order valence-electron chi connectivity index (χ0n) is 15.4. The van der Waals surface area contributed by atoms with Crippen molar-refractivity contribution in [2.24, 2.45) is 5.92 Å². The van der Waals surface area contributed by atoms with E-state index in [1.165, 1.54) is 30.4 Å². The molecule has 0 N–H and O–H groups in total. The quantitative estimate of drug-likeness (QED) is 0.476. The number of esters is 2. The minimum atomic E-state index is -5.01. The Morgan fingerprint density at radius 2 is 1.78 bits per heavy atom. The molecule has 0 aliphatic carbocycles. The van der Waals surface area contributed by atoms with Crippen molar-refractivity contribution in [1.29, 1.82) is 0 Å². The van der Waals surface area contributed by atoms with Crippen molar-refractivity contribution in [3.63, 3.8) is 0 Å². The molecule has 2 atom stereocenters. The largest absolute Gasteiger partial charge is 0.463 e. The second kappa shape index (κ2) is 10.1. The number of hydrogen-bond donors (Lipinski definition) is 0. The van der Waals surface area contributed by atoms with E-state index < -0.39 is 23.7 Å². The van der Waals surface area contributed by atoms with Gasteiger partial charge in [-0.1, -0.05) is 43.3 Å². The summed E-state index contributed by atoms with van der Waals surface area (Å²) in [5.41, 5.74) is -3.56. The van der Waals surface area contributed by atoms with Gasteiger partial charge in [-0.25, -0.2) is 9.59 Å². The van der Waals surface area contributed by atoms with Crippen molar-refractivity contribution in [1.82, 2.24) is 0 Å². The standard InChI is InChI=1S/C19H23F3O5/c1-4-26-16(23)12-8-9-14(2)13-27-17(24)18(25-3,19(20,21)22)15-10-6-5-7-11-15/h5-8,10-12,14H,4,9,13H2,1-3H3/b12-8-/t14-,18+/m0/s1. The number of rotatable bonds is 9. The highest BCUT2D eigenvalue weighted by atomic mass is 19.4. The van der Waals surface area contributed by atoms with Crippen molar-refractivity contribution >= 4 is 11.9 Å². The summed E-state index contributed by atoms with van der Waals surface area (Å²) in [7, 11) is 0.813. The van der Waals surface area contributed by atoms with E-state index in [-0.39, 0.29) is 24.7 Å². The van der Waals surface area contributed by atoms with Crippen LogP contribution in [0.1, 0.15) is 25.8 Å². The summed E-state index contributed by atoms with van der Waals surface area (Å²) in [6.07, 6.45) is -1.95. The third-order valence-corrected chi connectivity index (χ3v) is 3.75. The highest BCUT2D eigenvalue weighted by Crippen LogP contribution is 2.43. The molecule has 0 amide bonds. The average Bonchev–Trinajstić information content (AvgIpc) is 2.61. The third-order valence-electron chi connectivity index (χ3n) is 3.75. The number of carbonyl (C=O) groups is 2. The van der Waals surface area contributed by atoms with Crippen molar-refractivity contribution in [2.45, 2.75) is 32.0 Å². The summed E-state index contributed by atoms with van der Waals surface area (Å²) < 4.78 is 55.4. The molecule has 0 aliphatic rings. The number of methoxy groups -OCH3 is 1. The second-order valence-electron chi connectivity index (χ2n) is 5.84. The molecule has 0 saturated heterocycles. The van der Waals surface area contributed by atoms with Crippen molar-refractivity contribution in [3.05, 3.63) is 48.0 Å². The Morgan fingerprint density at radius 1 is 1.15 bits per heavy atom. The SMILES string of the molecule is CCOC(=O)/C=C\C[C@H](C)COC(=O)[C@](OC)(c1ccccc1)C(F)(F)F. The molecule has 0 unspecified atom stereocenters. The first-order valence-electron chi connectivity index (χ1n) is 8.37. The maximum absolute atomic E-state index is 13.7. The lowest BCUT2D eigenvalue weighted by atomic mass is 9.92. The summed E-state index contributed by atoms with van der Waals surface area (Å²) in [6, 6.07) is 6.60. The summed E-state index contributed by atoms with van der Waals surface area (Å²) in [6.45, 7) is 3.32. The fourth-order valence-electron chi connectivity index (χ4n) is 2.36. The maximum atomic E-state index is 13.7. The maximum Gasteiger partial charge on any atom is 0.432 e. The van der Waals surface area contributed by atoms with E-state index in [2.05, 4.69) is 4.74 Å². The second-order valence-corrected chi connectivity index (χ2v) is 5.84. The fraction of sp³-hybridized carbons (Fsp3) is 0.474. The molecule has 0 aliphatic heterocycles. The smallest absolute Gasteiger partial charge is 0.432 e. The van der Waals surface area contributed by atoms with Gasteiger partial charge in [-0.05, 0) is 19.3 Å². The molecular weight excluding hydrogens is 365 g/mol. The molecule has 0 heterocycles. The van der Waals surface area contributed by atoms with Crippen LogP contribution in [-0.2, 0) is 29.4 Å². The van der Waals surface area contributed by atoms with Crippen LogP contribution in [0.4, 0.5) is 13.2 Å². The van der Waals surface area contributed by atoms with E-state index in [4.69, 9.17) is 9.47 Å². The first-order valence-corrected chi connectivity index (χ1v) is 8.37. The van der Waals surface area contributed by atoms with Gasteiger partial charge in [0.2, 0.25) is 0 Å². The number of allylic oxidation sites excluding steroid dienone is 1. The van der Waals surface area contributed by atoms with Gasteiger partial charge in [-0.3, -0.25) is 0 Å². The van der Waals surface area contributed by atoms with Gasteiger partial charge in [-0.2, -0.15) is 13.2 Å². The van der Waals surface area contributed by atoms with Gasteiger partial charge in [0, 0.05) is 18.7 Å². The van der Waals surface area contributed by atoms with Crippen LogP contribution in [0.25, 0.3) is 0 Å². The number of hydrogen-bond acceptors (Lipinski definition) is 5. The fourth-order valence-corrected chi connectivity index (χ4v) is 2.36. The molecule has 0 spiro atoms. The Bertz CT molecular complexity index is 642. The van der Waals surface area contributed by atoms with Crippen LogP contribution >= 0.6 is 0 Å². The van der Waals surface area contributed by atoms with E-state index in [0.717, 1.165) is 19.2 Å². The average molecular weight is 388 g/mol. The summed E-state index contributed by atoms with van der Waals surface area (Å²) in [5, 5.41) is 0. The van der Waals surface area contributed by atoms with Crippen LogP contribution < -0.4 is 0 Å². The van der Waals surface area contributed by atoms with Gasteiger partial charge in [0.15, 0.2) is 0 Å². The molecule has 1 aromatic rings. The summed E-state index contributed by atoms with van der Waals surface area (Å²) in [4.78, 5) is 23.5. The monoisotopic (exact) mass is 388 g/mol. The molecule has 1 aromatic carbocycles. The van der Waals surface area contributed by atoms with Gasteiger partial charge in [0.1, 0.15) is 0 Å². The predicted octanol–water partition coefficient (Wildman–Crippen LogP) is 3.78. The van der Waals surface area contributed by atoms with E-state index in [0.29, 0.717) is 6.42 Å². The van der Waals surface area contributed by atoms with Gasteiger partial charge in [0.05, 0.1) is 13.2 Å². The highest BCUT2D eigenvalue weighted by molar-refractivity contribution is 5.83. The highest BCUT2D eigenvalue weighted by Gasteiger charge is 2.64. The molecule has 0 aromatic heterocycles. The summed E-state index contributed by atoms with van der Waals surface area (Å²) in [5.74, 6) is -2.36. The van der Waals surface area contributed by atoms with Crippen LogP contribution in [0.5, 0.6) is 0 Å². The van der Waals surface area contributed by atoms with Crippen molar-refractivity contribution in [2.75, 3.05) is 20.3 Å². The Balaban J connectivity index is 2.83. The molecule has 0 radical (unpaired) electrons. The molecule has 150 valence electrons. The third kappa shape index (κ3) is 5.82. The molecule has 0 bridgehead atoms. The molecule has 27 heavy (non-hydrogen) atoms. The van der Waals surface area contributed by atoms with E-state index >= 15 is 0 Å². The van der Waals surface area contributed by atoms with Crippen LogP contribution in [0.2, 0.25) is 0 Å². The van der Waals surface area contributed by atoms with Gasteiger partial charge < -0.3 is 14.2 Å². The number of alkyl halides is 3. The first-order chi connectivity index (χ1) is 12.7. The Morgan fingerprint density at radius 3 is 2.30 bits per heavy atom. The first kappa shape index (κ1) is 22.7. The number of ether oxygens (including phenoxy) is 3.